The van der Waals surface area contributed by atoms with Crippen LogP contribution in [0.15, 0.2) is 30.5 Å². The topological polar surface area (TPSA) is 36.0 Å². The van der Waals surface area contributed by atoms with Crippen LogP contribution in [0.5, 0.6) is 0 Å². The Morgan fingerprint density at radius 3 is 2.81 bits per heavy atom. The number of nitrogens with one attached hydrogen (secondary N) is 1. The number of rotatable bonds is 1. The summed E-state index contributed by atoms with van der Waals surface area (Å²) < 4.78 is 0. The van der Waals surface area contributed by atoms with Crippen LogP contribution < -0.4 is 0 Å². The van der Waals surface area contributed by atoms with Crippen LogP contribution in [0, 0.1) is 0 Å². The molecule has 1 aromatic carbocycles. The molecule has 0 atom stereocenters. The summed E-state index contributed by atoms with van der Waals surface area (Å²) in [7, 11) is 0. The molecule has 0 amide bonds. The first kappa shape index (κ1) is 10.2. The number of hydrogen-bond donors (Lipinski definition) is 2. The molecule has 84 valence electrons. The Labute approximate surface area is 99.1 Å². The van der Waals surface area contributed by atoms with Crippen LogP contribution in [0.2, 0.25) is 0 Å². The van der Waals surface area contributed by atoms with Crippen molar-refractivity contribution in [2.75, 3.05) is 11.5 Å². The molecule has 0 bridgehead atoms. The average molecular weight is 233 g/mol. The molecule has 2 nitrogen and oxygen atoms in total. The van der Waals surface area contributed by atoms with Gasteiger partial charge in [0, 0.05) is 11.7 Å². The molecular weight excluding hydrogens is 218 g/mol. The van der Waals surface area contributed by atoms with Gasteiger partial charge in [-0.15, -0.1) is 0 Å². The highest BCUT2D eigenvalue weighted by Crippen LogP contribution is 2.36. The lowest BCUT2D eigenvalue weighted by Crippen LogP contribution is -2.30. The van der Waals surface area contributed by atoms with E-state index < -0.39 is 5.60 Å². The number of benzene rings is 1. The van der Waals surface area contributed by atoms with E-state index in [0.29, 0.717) is 0 Å². The van der Waals surface area contributed by atoms with Crippen molar-refractivity contribution in [1.29, 1.82) is 0 Å². The molecule has 3 rings (SSSR count). The van der Waals surface area contributed by atoms with Crippen LogP contribution in [-0.4, -0.2) is 21.6 Å². The number of thioether (sulfide) groups is 1. The molecule has 0 radical (unpaired) electrons. The van der Waals surface area contributed by atoms with Gasteiger partial charge in [0.2, 0.25) is 0 Å². The van der Waals surface area contributed by atoms with Gasteiger partial charge in [-0.25, -0.2) is 0 Å². The zero-order chi connectivity index (χ0) is 11.0. The van der Waals surface area contributed by atoms with E-state index in [9.17, 15) is 5.11 Å². The summed E-state index contributed by atoms with van der Waals surface area (Å²) in [5.74, 6) is 2.11. The molecule has 1 aliphatic heterocycles. The molecule has 1 aromatic heterocycles. The van der Waals surface area contributed by atoms with Gasteiger partial charge in [0.1, 0.15) is 0 Å². The fraction of sp³-hybridized carbons (Fsp3) is 0.385. The molecular formula is C13H15NOS. The minimum absolute atomic E-state index is 0.607. The van der Waals surface area contributed by atoms with E-state index in [1.807, 2.05) is 18.0 Å². The Morgan fingerprint density at radius 1 is 1.19 bits per heavy atom. The van der Waals surface area contributed by atoms with Gasteiger partial charge in [0.05, 0.1) is 5.60 Å². The summed E-state index contributed by atoms with van der Waals surface area (Å²) in [6.07, 6.45) is 3.67. The van der Waals surface area contributed by atoms with Crippen LogP contribution in [0.25, 0.3) is 10.9 Å². The molecule has 2 N–H and O–H groups in total. The monoisotopic (exact) mass is 233 g/mol. The summed E-state index contributed by atoms with van der Waals surface area (Å²) >= 11 is 1.93. The van der Waals surface area contributed by atoms with Gasteiger partial charge in [-0.05, 0) is 47.4 Å². The number of aliphatic hydroxyl groups is 1. The first-order chi connectivity index (χ1) is 7.78. The van der Waals surface area contributed by atoms with Gasteiger partial charge < -0.3 is 10.1 Å². The summed E-state index contributed by atoms with van der Waals surface area (Å²) in [6.45, 7) is 0. The van der Waals surface area contributed by atoms with Gasteiger partial charge in [-0.1, -0.05) is 12.1 Å². The predicted octanol–water partition coefficient (Wildman–Crippen LogP) is 2.88. The van der Waals surface area contributed by atoms with Crippen molar-refractivity contribution in [1.82, 2.24) is 4.98 Å². The molecule has 1 aliphatic rings. The van der Waals surface area contributed by atoms with Gasteiger partial charge in [0.25, 0.3) is 0 Å². The Kier molecular flexibility index (Phi) is 2.45. The molecule has 2 heterocycles. The molecule has 1 saturated heterocycles. The van der Waals surface area contributed by atoms with Crippen LogP contribution in [-0.2, 0) is 5.60 Å². The number of aromatic nitrogens is 1. The number of H-pyrrole nitrogens is 1. The minimum Gasteiger partial charge on any atom is -0.385 e. The number of fused-ring (bicyclic) bond motifs is 1. The van der Waals surface area contributed by atoms with Gasteiger partial charge in [0.15, 0.2) is 0 Å². The van der Waals surface area contributed by atoms with Crippen molar-refractivity contribution in [2.24, 2.45) is 0 Å². The maximum atomic E-state index is 10.6. The second-order valence-electron chi connectivity index (χ2n) is 4.42. The van der Waals surface area contributed by atoms with E-state index in [2.05, 4.69) is 29.2 Å². The molecule has 0 saturated carbocycles. The highest BCUT2D eigenvalue weighted by atomic mass is 32.2. The summed E-state index contributed by atoms with van der Waals surface area (Å²) in [5, 5.41) is 11.8. The second kappa shape index (κ2) is 3.82. The standard InChI is InChI=1S/C13H15NOS/c15-13(4-7-16-8-5-13)11-2-1-10-3-6-14-12(10)9-11/h1-3,6,9,14-15H,4-5,7-8H2. The van der Waals surface area contributed by atoms with Crippen LogP contribution in [0.4, 0.5) is 0 Å². The Bertz CT molecular complexity index is 499. The predicted molar refractivity (Wildman–Crippen MR) is 68.8 cm³/mol. The van der Waals surface area contributed by atoms with Crippen molar-refractivity contribution in [3.63, 3.8) is 0 Å². The van der Waals surface area contributed by atoms with Crippen LogP contribution in [0.1, 0.15) is 18.4 Å². The lowest BCUT2D eigenvalue weighted by molar-refractivity contribution is 0.0282. The number of aromatic amines is 1. The van der Waals surface area contributed by atoms with Crippen LogP contribution >= 0.6 is 11.8 Å². The molecule has 0 spiro atoms. The summed E-state index contributed by atoms with van der Waals surface area (Å²) in [4.78, 5) is 3.20. The molecule has 1 fully saturated rings. The number of hydrogen-bond acceptors (Lipinski definition) is 2. The van der Waals surface area contributed by atoms with E-state index in [1.165, 1.54) is 5.39 Å². The Balaban J connectivity index is 2.03. The zero-order valence-corrected chi connectivity index (χ0v) is 9.89. The molecule has 16 heavy (non-hydrogen) atoms. The van der Waals surface area contributed by atoms with Crippen LogP contribution in [0.3, 0.4) is 0 Å². The van der Waals surface area contributed by atoms with E-state index in [1.54, 1.807) is 0 Å². The highest BCUT2D eigenvalue weighted by molar-refractivity contribution is 7.99. The molecule has 0 aliphatic carbocycles. The van der Waals surface area contributed by atoms with Crippen molar-refractivity contribution >= 4 is 22.7 Å². The fourth-order valence-corrected chi connectivity index (χ4v) is 3.50. The maximum absolute atomic E-state index is 10.6. The SMILES string of the molecule is OC1(c2ccc3cc[nH]c3c2)CCSCC1. The summed E-state index contributed by atoms with van der Waals surface area (Å²) in [5.41, 5.74) is 1.57. The van der Waals surface area contributed by atoms with Gasteiger partial charge in [-0.3, -0.25) is 0 Å². The second-order valence-corrected chi connectivity index (χ2v) is 5.65. The lowest BCUT2D eigenvalue weighted by Gasteiger charge is -2.32. The summed E-state index contributed by atoms with van der Waals surface area (Å²) in [6, 6.07) is 8.29. The van der Waals surface area contributed by atoms with Crippen molar-refractivity contribution in [3.8, 4) is 0 Å². The van der Waals surface area contributed by atoms with Crippen molar-refractivity contribution in [3.05, 3.63) is 36.0 Å². The Morgan fingerprint density at radius 2 is 2.00 bits per heavy atom. The van der Waals surface area contributed by atoms with Gasteiger partial charge >= 0.3 is 0 Å². The van der Waals surface area contributed by atoms with E-state index in [-0.39, 0.29) is 0 Å². The first-order valence-electron chi connectivity index (χ1n) is 5.66. The quantitative estimate of drug-likeness (QED) is 0.794. The average Bonchev–Trinajstić information content (AvgIpc) is 2.77. The van der Waals surface area contributed by atoms with E-state index in [0.717, 1.165) is 35.4 Å². The third-order valence-corrected chi connectivity index (χ3v) is 4.40. The third kappa shape index (κ3) is 1.64. The van der Waals surface area contributed by atoms with E-state index >= 15 is 0 Å². The molecule has 0 unspecified atom stereocenters. The largest absolute Gasteiger partial charge is 0.385 e. The van der Waals surface area contributed by atoms with E-state index in [4.69, 9.17) is 0 Å². The molecule has 2 aromatic rings. The lowest BCUT2D eigenvalue weighted by atomic mass is 9.88. The van der Waals surface area contributed by atoms with Crippen molar-refractivity contribution in [2.45, 2.75) is 18.4 Å². The Hall–Kier alpha value is -0.930. The molecule has 3 heteroatoms. The minimum atomic E-state index is -0.607. The normalized spacial score (nSPS) is 20.1. The third-order valence-electron chi connectivity index (χ3n) is 3.41. The zero-order valence-electron chi connectivity index (χ0n) is 9.07. The maximum Gasteiger partial charge on any atom is 0.0913 e. The smallest absolute Gasteiger partial charge is 0.0913 e. The highest BCUT2D eigenvalue weighted by Gasteiger charge is 2.31. The van der Waals surface area contributed by atoms with Crippen molar-refractivity contribution < 1.29 is 5.11 Å². The van der Waals surface area contributed by atoms with Gasteiger partial charge in [-0.2, -0.15) is 11.8 Å². The fourth-order valence-electron chi connectivity index (χ4n) is 2.34. The first-order valence-corrected chi connectivity index (χ1v) is 6.81.